The monoisotopic (exact) mass is 375 g/mol. The molecule has 1 aromatic heterocycles. The lowest BCUT2D eigenvalue weighted by atomic mass is 10.0. The molecule has 1 aliphatic rings. The van der Waals surface area contributed by atoms with E-state index in [1.165, 1.54) is 28.9 Å². The molecule has 3 aromatic rings. The second-order valence-electron chi connectivity index (χ2n) is 6.48. The molecule has 0 atom stereocenters. The van der Waals surface area contributed by atoms with Crippen LogP contribution in [0.1, 0.15) is 36.1 Å². The lowest BCUT2D eigenvalue weighted by Gasteiger charge is -2.07. The van der Waals surface area contributed by atoms with Gasteiger partial charge in [-0.2, -0.15) is 5.10 Å². The number of hydrogen-bond donors (Lipinski definition) is 1. The standard InChI is InChI=1S/C21H21N5S/c1-15-20(25-23-17-11-3-2-4-12-17)27-21(22-15)26-24-19-14-8-6-10-16-9-5-7-13-18(16)19/h2-5,7,9,11-13H,6,8,10,14H2,1H3,(H,22,26)/b24-19+,25-23?. The second-order valence-corrected chi connectivity index (χ2v) is 7.46. The average molecular weight is 376 g/mol. The Morgan fingerprint density at radius 2 is 1.70 bits per heavy atom. The van der Waals surface area contributed by atoms with Crippen LogP contribution in [0.25, 0.3) is 0 Å². The normalized spacial score (nSPS) is 15.7. The summed E-state index contributed by atoms with van der Waals surface area (Å²) >= 11 is 1.46. The average Bonchev–Trinajstić information content (AvgIpc) is 2.93. The number of azo groups is 1. The molecule has 6 heteroatoms. The molecule has 0 radical (unpaired) electrons. The Balaban J connectivity index is 1.52. The Hall–Kier alpha value is -2.86. The number of hydrazone groups is 1. The largest absolute Gasteiger partial charge is 0.252 e. The number of benzene rings is 2. The molecule has 1 aliphatic carbocycles. The van der Waals surface area contributed by atoms with Crippen molar-refractivity contribution >= 4 is 32.9 Å². The number of nitrogens with zero attached hydrogens (tertiary/aromatic N) is 4. The van der Waals surface area contributed by atoms with Gasteiger partial charge in [-0.1, -0.05) is 53.8 Å². The number of fused-ring (bicyclic) bond motifs is 1. The molecule has 0 fully saturated rings. The van der Waals surface area contributed by atoms with Gasteiger partial charge in [-0.3, -0.25) is 5.43 Å². The zero-order chi connectivity index (χ0) is 18.5. The van der Waals surface area contributed by atoms with Crippen LogP contribution in [0.5, 0.6) is 0 Å². The zero-order valence-corrected chi connectivity index (χ0v) is 16.0. The van der Waals surface area contributed by atoms with E-state index in [4.69, 9.17) is 0 Å². The maximum atomic E-state index is 4.67. The molecule has 27 heavy (non-hydrogen) atoms. The summed E-state index contributed by atoms with van der Waals surface area (Å²) in [6.07, 6.45) is 4.46. The van der Waals surface area contributed by atoms with E-state index in [0.29, 0.717) is 0 Å². The Labute approximate surface area is 162 Å². The topological polar surface area (TPSA) is 62.0 Å². The van der Waals surface area contributed by atoms with Gasteiger partial charge in [0.05, 0.1) is 17.1 Å². The van der Waals surface area contributed by atoms with E-state index in [2.05, 4.69) is 50.0 Å². The van der Waals surface area contributed by atoms with Gasteiger partial charge in [-0.25, -0.2) is 4.98 Å². The van der Waals surface area contributed by atoms with Crippen molar-refractivity contribution < 1.29 is 0 Å². The highest BCUT2D eigenvalue weighted by atomic mass is 32.1. The quantitative estimate of drug-likeness (QED) is 0.325. The first-order chi connectivity index (χ1) is 13.3. The van der Waals surface area contributed by atoms with Gasteiger partial charge in [0.25, 0.3) is 0 Å². The highest BCUT2D eigenvalue weighted by Crippen LogP contribution is 2.32. The van der Waals surface area contributed by atoms with Crippen LogP contribution in [-0.4, -0.2) is 10.7 Å². The fraction of sp³-hybridized carbons (Fsp3) is 0.238. The highest BCUT2D eigenvalue weighted by Gasteiger charge is 2.14. The molecule has 1 N–H and O–H groups in total. The summed E-state index contributed by atoms with van der Waals surface area (Å²) in [5.74, 6) is 0. The molecule has 0 saturated heterocycles. The summed E-state index contributed by atoms with van der Waals surface area (Å²) in [5, 5.41) is 14.8. The van der Waals surface area contributed by atoms with Crippen LogP contribution in [0, 0.1) is 6.92 Å². The van der Waals surface area contributed by atoms with Gasteiger partial charge in [0, 0.05) is 5.56 Å². The Morgan fingerprint density at radius 1 is 0.926 bits per heavy atom. The van der Waals surface area contributed by atoms with Crippen LogP contribution < -0.4 is 5.43 Å². The molecule has 0 aliphatic heterocycles. The molecule has 0 amide bonds. The minimum atomic E-state index is 0.740. The summed E-state index contributed by atoms with van der Waals surface area (Å²) in [4.78, 5) is 4.53. The molecule has 0 unspecified atom stereocenters. The predicted octanol–water partition coefficient (Wildman–Crippen LogP) is 6.41. The van der Waals surface area contributed by atoms with E-state index in [9.17, 15) is 0 Å². The Kier molecular flexibility index (Phi) is 5.34. The van der Waals surface area contributed by atoms with E-state index in [0.717, 1.165) is 46.5 Å². The van der Waals surface area contributed by atoms with Crippen LogP contribution in [0.2, 0.25) is 0 Å². The fourth-order valence-electron chi connectivity index (χ4n) is 3.12. The van der Waals surface area contributed by atoms with Crippen molar-refractivity contribution in [1.82, 2.24) is 4.98 Å². The van der Waals surface area contributed by atoms with E-state index >= 15 is 0 Å². The number of anilines is 1. The number of aromatic nitrogens is 1. The molecule has 136 valence electrons. The van der Waals surface area contributed by atoms with Crippen molar-refractivity contribution in [2.75, 3.05) is 5.43 Å². The lowest BCUT2D eigenvalue weighted by Crippen LogP contribution is -2.05. The predicted molar refractivity (Wildman–Crippen MR) is 112 cm³/mol. The molecular weight excluding hydrogens is 354 g/mol. The van der Waals surface area contributed by atoms with Gasteiger partial charge < -0.3 is 0 Å². The highest BCUT2D eigenvalue weighted by molar-refractivity contribution is 7.19. The SMILES string of the molecule is Cc1nc(N/N=C2\CCCCc3ccccc32)sc1N=Nc1ccccc1. The third-order valence-electron chi connectivity index (χ3n) is 4.51. The first-order valence-corrected chi connectivity index (χ1v) is 9.96. The molecule has 5 nitrogen and oxygen atoms in total. The summed E-state index contributed by atoms with van der Waals surface area (Å²) < 4.78 is 0. The second kappa shape index (κ2) is 8.22. The minimum Gasteiger partial charge on any atom is -0.252 e. The maximum absolute atomic E-state index is 4.67. The number of thiazole rings is 1. The van der Waals surface area contributed by atoms with E-state index in [1.54, 1.807) is 0 Å². The summed E-state index contributed by atoms with van der Waals surface area (Å²) in [7, 11) is 0. The number of rotatable bonds is 4. The van der Waals surface area contributed by atoms with Gasteiger partial charge >= 0.3 is 0 Å². The van der Waals surface area contributed by atoms with Crippen molar-refractivity contribution in [2.45, 2.75) is 32.6 Å². The first kappa shape index (κ1) is 17.5. The Morgan fingerprint density at radius 3 is 2.59 bits per heavy atom. The smallest absolute Gasteiger partial charge is 0.205 e. The van der Waals surface area contributed by atoms with E-state index < -0.39 is 0 Å². The summed E-state index contributed by atoms with van der Waals surface area (Å²) in [6, 6.07) is 18.2. The molecule has 4 rings (SSSR count). The van der Waals surface area contributed by atoms with Gasteiger partial charge in [-0.15, -0.1) is 10.2 Å². The van der Waals surface area contributed by atoms with Crippen molar-refractivity contribution in [3.63, 3.8) is 0 Å². The van der Waals surface area contributed by atoms with Crippen LogP contribution in [0.15, 0.2) is 69.9 Å². The number of hydrogen-bond acceptors (Lipinski definition) is 6. The third kappa shape index (κ3) is 4.28. The molecule has 0 bridgehead atoms. The van der Waals surface area contributed by atoms with Gasteiger partial charge in [0.15, 0.2) is 5.00 Å². The molecule has 0 spiro atoms. The molecule has 2 aromatic carbocycles. The molecule has 0 saturated carbocycles. The molecule has 1 heterocycles. The van der Waals surface area contributed by atoms with Gasteiger partial charge in [-0.05, 0) is 50.3 Å². The van der Waals surface area contributed by atoms with Crippen molar-refractivity contribution in [3.05, 3.63) is 71.4 Å². The van der Waals surface area contributed by atoms with Crippen molar-refractivity contribution in [2.24, 2.45) is 15.3 Å². The molecular formula is C21H21N5S. The number of aryl methyl sites for hydroxylation is 2. The van der Waals surface area contributed by atoms with Gasteiger partial charge in [0.2, 0.25) is 5.13 Å². The number of nitrogens with one attached hydrogen (secondary N) is 1. The minimum absolute atomic E-state index is 0.740. The van der Waals surface area contributed by atoms with E-state index in [1.807, 2.05) is 37.3 Å². The van der Waals surface area contributed by atoms with Crippen LogP contribution in [-0.2, 0) is 6.42 Å². The first-order valence-electron chi connectivity index (χ1n) is 9.15. The summed E-state index contributed by atoms with van der Waals surface area (Å²) in [6.45, 7) is 1.94. The van der Waals surface area contributed by atoms with Crippen molar-refractivity contribution in [1.29, 1.82) is 0 Å². The van der Waals surface area contributed by atoms with Crippen molar-refractivity contribution in [3.8, 4) is 0 Å². The van der Waals surface area contributed by atoms with Gasteiger partial charge in [0.1, 0.15) is 0 Å². The zero-order valence-electron chi connectivity index (χ0n) is 15.2. The summed E-state index contributed by atoms with van der Waals surface area (Å²) in [5.41, 5.74) is 8.54. The third-order valence-corrected chi connectivity index (χ3v) is 5.46. The fourth-order valence-corrected chi connectivity index (χ4v) is 3.85. The van der Waals surface area contributed by atoms with Crippen LogP contribution in [0.3, 0.4) is 0 Å². The van der Waals surface area contributed by atoms with Crippen LogP contribution >= 0.6 is 11.3 Å². The lowest BCUT2D eigenvalue weighted by molar-refractivity contribution is 0.776. The Bertz CT molecular complexity index is 975. The van der Waals surface area contributed by atoms with E-state index in [-0.39, 0.29) is 0 Å². The maximum Gasteiger partial charge on any atom is 0.205 e. The van der Waals surface area contributed by atoms with Crippen LogP contribution in [0.4, 0.5) is 15.8 Å².